The van der Waals surface area contributed by atoms with Crippen LogP contribution in [0.4, 0.5) is 0 Å². The van der Waals surface area contributed by atoms with Crippen molar-refractivity contribution < 1.29 is 4.79 Å². The molecule has 0 saturated carbocycles. The molecule has 1 amide bonds. The molecule has 0 radical (unpaired) electrons. The Balaban J connectivity index is 1.87. The van der Waals surface area contributed by atoms with Gasteiger partial charge in [0.15, 0.2) is 0 Å². The molecular formula is C11H15N3O. The molecule has 0 bridgehead atoms. The van der Waals surface area contributed by atoms with Crippen molar-refractivity contribution in [2.75, 3.05) is 13.6 Å². The van der Waals surface area contributed by atoms with Gasteiger partial charge in [-0.3, -0.25) is 9.78 Å². The van der Waals surface area contributed by atoms with Crippen LogP contribution in [-0.2, 0) is 11.3 Å². The lowest BCUT2D eigenvalue weighted by atomic mass is 10.2. The normalized spacial score (nSPS) is 21.0. The highest BCUT2D eigenvalue weighted by molar-refractivity contribution is 5.83. The van der Waals surface area contributed by atoms with E-state index in [-0.39, 0.29) is 11.9 Å². The van der Waals surface area contributed by atoms with E-state index in [2.05, 4.69) is 10.3 Å². The van der Waals surface area contributed by atoms with E-state index in [4.69, 9.17) is 0 Å². The molecule has 0 spiro atoms. The Bertz CT molecular complexity index is 339. The second-order valence-electron chi connectivity index (χ2n) is 3.80. The first-order valence-electron chi connectivity index (χ1n) is 5.15. The summed E-state index contributed by atoms with van der Waals surface area (Å²) in [4.78, 5) is 17.5. The standard InChI is InChI=1S/C11H15N3O/c1-14-7-5-10(11(14)15)13-8-9-4-2-3-6-12-9/h2-4,6,10,13H,5,7-8H2,1H3/t10-/m1/s1. The summed E-state index contributed by atoms with van der Waals surface area (Å²) in [6.07, 6.45) is 2.65. The molecule has 1 aliphatic rings. The molecule has 1 aromatic rings. The average Bonchev–Trinajstić information content (AvgIpc) is 2.59. The van der Waals surface area contributed by atoms with Gasteiger partial charge in [0.05, 0.1) is 11.7 Å². The third kappa shape index (κ3) is 2.33. The smallest absolute Gasteiger partial charge is 0.239 e. The highest BCUT2D eigenvalue weighted by Crippen LogP contribution is 2.08. The molecule has 1 fully saturated rings. The molecule has 80 valence electrons. The number of hydrogen-bond donors (Lipinski definition) is 1. The Morgan fingerprint density at radius 2 is 2.47 bits per heavy atom. The third-order valence-electron chi connectivity index (χ3n) is 2.68. The van der Waals surface area contributed by atoms with Gasteiger partial charge in [0, 0.05) is 26.3 Å². The number of carbonyl (C=O) groups is 1. The van der Waals surface area contributed by atoms with Gasteiger partial charge in [-0.25, -0.2) is 0 Å². The van der Waals surface area contributed by atoms with Crippen LogP contribution in [0.15, 0.2) is 24.4 Å². The SMILES string of the molecule is CN1CC[C@@H](NCc2ccccn2)C1=O. The Kier molecular flexibility index (Phi) is 2.97. The summed E-state index contributed by atoms with van der Waals surface area (Å²) < 4.78 is 0. The van der Waals surface area contributed by atoms with Gasteiger partial charge >= 0.3 is 0 Å². The van der Waals surface area contributed by atoms with Gasteiger partial charge in [0.25, 0.3) is 0 Å². The maximum absolute atomic E-state index is 11.6. The number of aromatic nitrogens is 1. The fraction of sp³-hybridized carbons (Fsp3) is 0.455. The highest BCUT2D eigenvalue weighted by Gasteiger charge is 2.28. The summed E-state index contributed by atoms with van der Waals surface area (Å²) in [6.45, 7) is 1.50. The van der Waals surface area contributed by atoms with E-state index >= 15 is 0 Å². The minimum atomic E-state index is -0.0305. The summed E-state index contributed by atoms with van der Waals surface area (Å²) in [7, 11) is 1.84. The number of rotatable bonds is 3. The molecule has 2 rings (SSSR count). The van der Waals surface area contributed by atoms with E-state index in [9.17, 15) is 4.79 Å². The first-order chi connectivity index (χ1) is 7.27. The molecule has 0 aliphatic carbocycles. The van der Waals surface area contributed by atoms with Crippen LogP contribution >= 0.6 is 0 Å². The van der Waals surface area contributed by atoms with Crippen LogP contribution < -0.4 is 5.32 Å². The Morgan fingerprint density at radius 3 is 3.07 bits per heavy atom. The molecule has 4 nitrogen and oxygen atoms in total. The number of likely N-dealkylation sites (N-methyl/N-ethyl adjacent to an activating group) is 1. The van der Waals surface area contributed by atoms with E-state index in [1.165, 1.54) is 0 Å². The van der Waals surface area contributed by atoms with Crippen molar-refractivity contribution in [2.45, 2.75) is 19.0 Å². The Labute approximate surface area is 89.3 Å². The zero-order valence-corrected chi connectivity index (χ0v) is 8.81. The maximum Gasteiger partial charge on any atom is 0.239 e. The number of pyridine rings is 1. The zero-order valence-electron chi connectivity index (χ0n) is 8.81. The largest absolute Gasteiger partial charge is 0.344 e. The summed E-state index contributed by atoms with van der Waals surface area (Å²) in [5, 5.41) is 3.22. The van der Waals surface area contributed by atoms with Crippen molar-refractivity contribution in [3.8, 4) is 0 Å². The molecule has 1 atom stereocenters. The summed E-state index contributed by atoms with van der Waals surface area (Å²) in [5.41, 5.74) is 0.972. The second-order valence-corrected chi connectivity index (χ2v) is 3.80. The fourth-order valence-corrected chi connectivity index (χ4v) is 1.74. The van der Waals surface area contributed by atoms with Crippen LogP contribution in [0.1, 0.15) is 12.1 Å². The predicted molar refractivity (Wildman–Crippen MR) is 57.1 cm³/mol. The van der Waals surface area contributed by atoms with E-state index in [1.54, 1.807) is 11.1 Å². The van der Waals surface area contributed by atoms with E-state index in [0.717, 1.165) is 18.7 Å². The van der Waals surface area contributed by atoms with Gasteiger partial charge in [-0.15, -0.1) is 0 Å². The topological polar surface area (TPSA) is 45.2 Å². The summed E-state index contributed by atoms with van der Waals surface area (Å²) in [6, 6.07) is 5.76. The molecule has 0 unspecified atom stereocenters. The van der Waals surface area contributed by atoms with Crippen molar-refractivity contribution in [3.63, 3.8) is 0 Å². The lowest BCUT2D eigenvalue weighted by Crippen LogP contribution is -2.36. The van der Waals surface area contributed by atoms with Crippen LogP contribution in [0.25, 0.3) is 0 Å². The summed E-state index contributed by atoms with van der Waals surface area (Å²) in [5.74, 6) is 0.186. The van der Waals surface area contributed by atoms with Crippen LogP contribution in [0.3, 0.4) is 0 Å². The minimum absolute atomic E-state index is 0.0305. The number of nitrogens with zero attached hydrogens (tertiary/aromatic N) is 2. The van der Waals surface area contributed by atoms with E-state index < -0.39 is 0 Å². The molecule has 1 aromatic heterocycles. The quantitative estimate of drug-likeness (QED) is 0.777. The van der Waals surface area contributed by atoms with Gasteiger partial charge in [-0.1, -0.05) is 6.07 Å². The van der Waals surface area contributed by atoms with Crippen molar-refractivity contribution in [1.82, 2.24) is 15.2 Å². The minimum Gasteiger partial charge on any atom is -0.344 e. The van der Waals surface area contributed by atoms with Gasteiger partial charge in [-0.2, -0.15) is 0 Å². The van der Waals surface area contributed by atoms with Crippen molar-refractivity contribution in [1.29, 1.82) is 0 Å². The van der Waals surface area contributed by atoms with Crippen molar-refractivity contribution in [2.24, 2.45) is 0 Å². The molecule has 1 aliphatic heterocycles. The number of amides is 1. The third-order valence-corrected chi connectivity index (χ3v) is 2.68. The number of nitrogens with one attached hydrogen (secondary N) is 1. The van der Waals surface area contributed by atoms with Gasteiger partial charge in [-0.05, 0) is 18.6 Å². The Hall–Kier alpha value is -1.42. The predicted octanol–water partition coefficient (Wildman–Crippen LogP) is 0.402. The lowest BCUT2D eigenvalue weighted by Gasteiger charge is -2.11. The van der Waals surface area contributed by atoms with E-state index in [1.807, 2.05) is 25.2 Å². The monoisotopic (exact) mass is 205 g/mol. The van der Waals surface area contributed by atoms with Crippen LogP contribution in [0.2, 0.25) is 0 Å². The molecular weight excluding hydrogens is 190 g/mol. The fourth-order valence-electron chi connectivity index (χ4n) is 1.74. The maximum atomic E-state index is 11.6. The van der Waals surface area contributed by atoms with Crippen molar-refractivity contribution in [3.05, 3.63) is 30.1 Å². The number of likely N-dealkylation sites (tertiary alicyclic amines) is 1. The van der Waals surface area contributed by atoms with Gasteiger partial charge in [0.1, 0.15) is 0 Å². The average molecular weight is 205 g/mol. The van der Waals surface area contributed by atoms with Crippen molar-refractivity contribution >= 4 is 5.91 Å². The van der Waals surface area contributed by atoms with Crippen LogP contribution in [-0.4, -0.2) is 35.4 Å². The molecule has 2 heterocycles. The molecule has 4 heteroatoms. The zero-order chi connectivity index (χ0) is 10.7. The van der Waals surface area contributed by atoms with E-state index in [0.29, 0.717) is 6.54 Å². The molecule has 1 N–H and O–H groups in total. The lowest BCUT2D eigenvalue weighted by molar-refractivity contribution is -0.128. The first-order valence-corrected chi connectivity index (χ1v) is 5.15. The Morgan fingerprint density at radius 1 is 1.60 bits per heavy atom. The van der Waals surface area contributed by atoms with Gasteiger partial charge in [0.2, 0.25) is 5.91 Å². The van der Waals surface area contributed by atoms with Crippen LogP contribution in [0, 0.1) is 0 Å². The first kappa shape index (κ1) is 10.1. The molecule has 0 aromatic carbocycles. The molecule has 15 heavy (non-hydrogen) atoms. The van der Waals surface area contributed by atoms with Gasteiger partial charge < -0.3 is 10.2 Å². The number of carbonyl (C=O) groups excluding carboxylic acids is 1. The summed E-state index contributed by atoms with van der Waals surface area (Å²) >= 11 is 0. The second kappa shape index (κ2) is 4.40. The number of hydrogen-bond acceptors (Lipinski definition) is 3. The highest BCUT2D eigenvalue weighted by atomic mass is 16.2. The molecule has 1 saturated heterocycles. The van der Waals surface area contributed by atoms with Crippen LogP contribution in [0.5, 0.6) is 0 Å².